The molecule has 0 aromatic rings. The van der Waals surface area contributed by atoms with Crippen molar-refractivity contribution in [3.05, 3.63) is 0 Å². The first-order valence-electron chi connectivity index (χ1n) is 12.1. The van der Waals surface area contributed by atoms with Crippen LogP contribution in [0.5, 0.6) is 0 Å². The third kappa shape index (κ3) is 4.75. The van der Waals surface area contributed by atoms with Crippen LogP contribution in [0.3, 0.4) is 0 Å². The molecule has 0 aromatic carbocycles. The van der Waals surface area contributed by atoms with Crippen LogP contribution in [0.1, 0.15) is 52.4 Å². The second kappa shape index (κ2) is 9.30. The van der Waals surface area contributed by atoms with E-state index in [1.165, 1.54) is 0 Å². The number of carbonyl (C=O) groups is 2. The summed E-state index contributed by atoms with van der Waals surface area (Å²) in [4.78, 5) is 28.2. The minimum Gasteiger partial charge on any atom is -0.342 e. The number of fused-ring (bicyclic) bond motifs is 1. The maximum absolute atomic E-state index is 14.2. The van der Waals surface area contributed by atoms with Gasteiger partial charge in [-0.25, -0.2) is 8.78 Å². The number of nitrogens with one attached hydrogen (secondary N) is 3. The van der Waals surface area contributed by atoms with E-state index in [2.05, 4.69) is 29.8 Å². The number of hydrogen-bond acceptors (Lipinski definition) is 4. The molecule has 0 radical (unpaired) electrons. The van der Waals surface area contributed by atoms with E-state index in [1.807, 2.05) is 11.9 Å². The highest BCUT2D eigenvalue weighted by Gasteiger charge is 2.47. The Kier molecular flexibility index (Phi) is 6.87. The van der Waals surface area contributed by atoms with Crippen LogP contribution in [-0.4, -0.2) is 67.4 Å². The molecule has 0 aromatic heterocycles. The summed E-state index contributed by atoms with van der Waals surface area (Å²) in [6, 6.07) is 0.728. The number of amides is 2. The van der Waals surface area contributed by atoms with Crippen LogP contribution in [0.15, 0.2) is 0 Å². The Bertz CT molecular complexity index is 680. The largest absolute Gasteiger partial charge is 0.342 e. The minimum absolute atomic E-state index is 0.0546. The zero-order chi connectivity index (χ0) is 22.3. The lowest BCUT2D eigenvalue weighted by Crippen LogP contribution is -2.60. The number of nitrogens with zero attached hydrogens (tertiary/aromatic N) is 1. The molecule has 3 heterocycles. The van der Waals surface area contributed by atoms with E-state index in [0.29, 0.717) is 30.3 Å². The fourth-order valence-electron chi connectivity index (χ4n) is 6.47. The van der Waals surface area contributed by atoms with Crippen molar-refractivity contribution in [1.29, 1.82) is 0 Å². The molecule has 0 spiro atoms. The smallest absolute Gasteiger partial charge is 0.225 e. The van der Waals surface area contributed by atoms with Crippen LogP contribution in [0, 0.1) is 29.6 Å². The number of hydrogen-bond donors (Lipinski definition) is 3. The molecule has 3 aliphatic heterocycles. The summed E-state index contributed by atoms with van der Waals surface area (Å²) in [6.07, 6.45) is 0.541. The standard InChI is InChI=1S/C23H38F2N4O2/c1-12-4-5-14(22(30)28-21-19(25)9-16(24)11-27-21)7-17(12)18-8-15-10-26-13(2)6-20(15)29(3)23(18)31/h12-21,26-27H,4-11H2,1-3H3,(H,28,30). The van der Waals surface area contributed by atoms with Crippen LogP contribution in [-0.2, 0) is 9.59 Å². The SMILES string of the molecule is CC1CC2C(CN1)CC(C1CC(C(=O)NC3NCC(F)CC3F)CCC1C)C(=O)N2C. The second-order valence-corrected chi connectivity index (χ2v) is 10.6. The molecule has 8 heteroatoms. The van der Waals surface area contributed by atoms with Crippen LogP contribution in [0.25, 0.3) is 0 Å². The van der Waals surface area contributed by atoms with E-state index < -0.39 is 18.5 Å². The monoisotopic (exact) mass is 440 g/mol. The van der Waals surface area contributed by atoms with Gasteiger partial charge in [-0.1, -0.05) is 6.92 Å². The Labute approximate surface area is 184 Å². The Balaban J connectivity index is 1.40. The lowest BCUT2D eigenvalue weighted by molar-refractivity contribution is -0.150. The molecule has 1 saturated carbocycles. The third-order valence-electron chi connectivity index (χ3n) is 8.43. The van der Waals surface area contributed by atoms with Crippen LogP contribution >= 0.6 is 0 Å². The van der Waals surface area contributed by atoms with Crippen molar-refractivity contribution in [3.8, 4) is 0 Å². The highest BCUT2D eigenvalue weighted by atomic mass is 19.1. The summed E-state index contributed by atoms with van der Waals surface area (Å²) >= 11 is 0. The van der Waals surface area contributed by atoms with Gasteiger partial charge in [0, 0.05) is 50.5 Å². The van der Waals surface area contributed by atoms with E-state index in [4.69, 9.17) is 0 Å². The number of alkyl halides is 2. The molecule has 0 bridgehead atoms. The molecule has 2 amide bonds. The van der Waals surface area contributed by atoms with Crippen molar-refractivity contribution in [1.82, 2.24) is 20.9 Å². The van der Waals surface area contributed by atoms with Gasteiger partial charge in [0.1, 0.15) is 18.5 Å². The number of carbonyl (C=O) groups excluding carboxylic acids is 2. The molecule has 10 unspecified atom stereocenters. The van der Waals surface area contributed by atoms with Crippen molar-refractivity contribution in [3.63, 3.8) is 0 Å². The first kappa shape index (κ1) is 22.9. The summed E-state index contributed by atoms with van der Waals surface area (Å²) in [5.41, 5.74) is 0. The molecule has 3 saturated heterocycles. The first-order chi connectivity index (χ1) is 14.7. The summed E-state index contributed by atoms with van der Waals surface area (Å²) in [5.74, 6) is 0.775. The highest BCUT2D eigenvalue weighted by Crippen LogP contribution is 2.44. The third-order valence-corrected chi connectivity index (χ3v) is 8.43. The van der Waals surface area contributed by atoms with Gasteiger partial charge in [0.25, 0.3) is 0 Å². The van der Waals surface area contributed by atoms with Gasteiger partial charge in [-0.15, -0.1) is 0 Å². The topological polar surface area (TPSA) is 73.5 Å². The normalized spacial score (nSPS) is 46.4. The number of piperidine rings is 3. The van der Waals surface area contributed by atoms with Gasteiger partial charge >= 0.3 is 0 Å². The Hall–Kier alpha value is -1.28. The summed E-state index contributed by atoms with van der Waals surface area (Å²) in [7, 11) is 1.94. The Morgan fingerprint density at radius 2 is 1.84 bits per heavy atom. The van der Waals surface area contributed by atoms with Gasteiger partial charge in [-0.3, -0.25) is 14.9 Å². The Morgan fingerprint density at radius 1 is 1.06 bits per heavy atom. The van der Waals surface area contributed by atoms with E-state index in [-0.39, 0.29) is 42.5 Å². The predicted molar refractivity (Wildman–Crippen MR) is 115 cm³/mol. The number of likely N-dealkylation sites (tertiary alicyclic amines) is 1. The van der Waals surface area contributed by atoms with Crippen molar-refractivity contribution < 1.29 is 18.4 Å². The van der Waals surface area contributed by atoms with Crippen molar-refractivity contribution in [2.75, 3.05) is 20.1 Å². The fourth-order valence-corrected chi connectivity index (χ4v) is 6.47. The summed E-state index contributed by atoms with van der Waals surface area (Å²) in [6.45, 7) is 5.37. The average Bonchev–Trinajstić information content (AvgIpc) is 2.73. The predicted octanol–water partition coefficient (Wildman–Crippen LogP) is 2.00. The van der Waals surface area contributed by atoms with Crippen LogP contribution < -0.4 is 16.0 Å². The molecule has 31 heavy (non-hydrogen) atoms. The summed E-state index contributed by atoms with van der Waals surface area (Å²) in [5, 5.41) is 9.10. The molecule has 6 nitrogen and oxygen atoms in total. The zero-order valence-corrected chi connectivity index (χ0v) is 18.9. The molecular formula is C23H38F2N4O2. The van der Waals surface area contributed by atoms with Gasteiger partial charge in [0.05, 0.1) is 0 Å². The molecule has 3 N–H and O–H groups in total. The van der Waals surface area contributed by atoms with Crippen molar-refractivity contribution in [2.24, 2.45) is 29.6 Å². The van der Waals surface area contributed by atoms with Crippen molar-refractivity contribution >= 4 is 11.8 Å². The van der Waals surface area contributed by atoms with Gasteiger partial charge < -0.3 is 15.5 Å². The van der Waals surface area contributed by atoms with E-state index >= 15 is 0 Å². The Morgan fingerprint density at radius 3 is 2.58 bits per heavy atom. The highest BCUT2D eigenvalue weighted by molar-refractivity contribution is 5.81. The van der Waals surface area contributed by atoms with E-state index in [9.17, 15) is 18.4 Å². The maximum Gasteiger partial charge on any atom is 0.225 e. The summed E-state index contributed by atoms with van der Waals surface area (Å²) < 4.78 is 27.5. The average molecular weight is 441 g/mol. The number of halogens is 2. The van der Waals surface area contributed by atoms with Gasteiger partial charge in [0.15, 0.2) is 0 Å². The van der Waals surface area contributed by atoms with E-state index in [0.717, 1.165) is 32.2 Å². The minimum atomic E-state index is -1.42. The lowest BCUT2D eigenvalue weighted by atomic mass is 9.64. The molecule has 4 aliphatic rings. The van der Waals surface area contributed by atoms with Gasteiger partial charge in [0.2, 0.25) is 11.8 Å². The van der Waals surface area contributed by atoms with Gasteiger partial charge in [-0.05, 0) is 56.8 Å². The molecule has 1 aliphatic carbocycles. The molecule has 4 rings (SSSR count). The van der Waals surface area contributed by atoms with E-state index in [1.54, 1.807) is 0 Å². The van der Waals surface area contributed by atoms with Crippen LogP contribution in [0.4, 0.5) is 8.78 Å². The van der Waals surface area contributed by atoms with Gasteiger partial charge in [-0.2, -0.15) is 0 Å². The first-order valence-corrected chi connectivity index (χ1v) is 12.1. The molecule has 4 fully saturated rings. The van der Waals surface area contributed by atoms with Crippen molar-refractivity contribution in [2.45, 2.75) is 83.0 Å². The fraction of sp³-hybridized carbons (Fsp3) is 0.913. The second-order valence-electron chi connectivity index (χ2n) is 10.6. The molecule has 176 valence electrons. The number of rotatable bonds is 3. The molecular weight excluding hydrogens is 402 g/mol. The maximum atomic E-state index is 14.2. The quantitative estimate of drug-likeness (QED) is 0.628. The lowest BCUT2D eigenvalue weighted by Gasteiger charge is -2.50. The van der Waals surface area contributed by atoms with Crippen LogP contribution in [0.2, 0.25) is 0 Å². The molecule has 10 atom stereocenters. The zero-order valence-electron chi connectivity index (χ0n) is 18.9.